The molecule has 21 heavy (non-hydrogen) atoms. The molecule has 0 aliphatic rings. The van der Waals surface area contributed by atoms with Crippen LogP contribution in [0.3, 0.4) is 0 Å². The van der Waals surface area contributed by atoms with Crippen LogP contribution in [0.4, 0.5) is 0 Å². The van der Waals surface area contributed by atoms with E-state index in [0.717, 1.165) is 16.7 Å². The third-order valence-electron chi connectivity index (χ3n) is 3.80. The molecular weight excluding hydrogens is 373 g/mol. The molecule has 0 radical (unpaired) electrons. The molecule has 0 saturated carbocycles. The summed E-state index contributed by atoms with van der Waals surface area (Å²) in [5.41, 5.74) is 6.39. The quantitative estimate of drug-likeness (QED) is 0.424. The minimum Gasteiger partial charge on any atom is -1.00 e. The average Bonchev–Trinajstić information content (AvgIpc) is 2.79. The Bertz CT molecular complexity index is 856. The van der Waals surface area contributed by atoms with E-state index in [1.165, 1.54) is 11.1 Å². The summed E-state index contributed by atoms with van der Waals surface area (Å²) < 4.78 is 4.13. The van der Waals surface area contributed by atoms with E-state index in [1.807, 2.05) is 36.1 Å². The molecule has 0 spiro atoms. The molecule has 1 heterocycles. The second-order valence-electron chi connectivity index (χ2n) is 5.15. The summed E-state index contributed by atoms with van der Waals surface area (Å²) in [5.74, 6) is 0. The highest BCUT2D eigenvalue weighted by atomic mass is 127. The Balaban J connectivity index is 0.00000161. The lowest BCUT2D eigenvalue weighted by Crippen LogP contribution is -3.00. The second kappa shape index (κ2) is 5.86. The third kappa shape index (κ3) is 2.54. The summed E-state index contributed by atoms with van der Waals surface area (Å²) in [4.78, 5) is 0. The van der Waals surface area contributed by atoms with E-state index in [2.05, 4.69) is 42.7 Å². The highest BCUT2D eigenvalue weighted by molar-refractivity contribution is 5.80. The Labute approximate surface area is 141 Å². The fourth-order valence-electron chi connectivity index (χ4n) is 2.56. The SMILES string of the molecule is Cc1ccc(-n2c[n+](C)c3c(C#N)cccc32)cc1C.[I-]. The first-order valence-corrected chi connectivity index (χ1v) is 6.59. The van der Waals surface area contributed by atoms with Crippen LogP contribution in [0.2, 0.25) is 0 Å². The molecule has 3 nitrogen and oxygen atoms in total. The first-order valence-electron chi connectivity index (χ1n) is 6.59. The zero-order valence-corrected chi connectivity index (χ0v) is 14.4. The van der Waals surface area contributed by atoms with Crippen molar-refractivity contribution in [2.75, 3.05) is 0 Å². The first-order chi connectivity index (χ1) is 9.61. The van der Waals surface area contributed by atoms with Crippen molar-refractivity contribution in [1.29, 1.82) is 5.26 Å². The van der Waals surface area contributed by atoms with Gasteiger partial charge in [-0.2, -0.15) is 9.83 Å². The van der Waals surface area contributed by atoms with Crippen LogP contribution in [0, 0.1) is 25.2 Å². The van der Waals surface area contributed by atoms with Gasteiger partial charge in [0.1, 0.15) is 17.3 Å². The minimum absolute atomic E-state index is 0. The van der Waals surface area contributed by atoms with E-state index in [-0.39, 0.29) is 24.0 Å². The summed E-state index contributed by atoms with van der Waals surface area (Å²) in [6.07, 6.45) is 2.02. The maximum atomic E-state index is 9.25. The van der Waals surface area contributed by atoms with Gasteiger partial charge >= 0.3 is 0 Å². The Morgan fingerprint density at radius 2 is 1.86 bits per heavy atom. The van der Waals surface area contributed by atoms with E-state index in [9.17, 15) is 5.26 Å². The molecule has 0 aliphatic heterocycles. The van der Waals surface area contributed by atoms with E-state index < -0.39 is 0 Å². The molecule has 1 aromatic heterocycles. The Morgan fingerprint density at radius 1 is 1.10 bits per heavy atom. The van der Waals surface area contributed by atoms with Gasteiger partial charge in [-0.3, -0.25) is 0 Å². The number of nitriles is 1. The smallest absolute Gasteiger partial charge is 0.249 e. The predicted octanol–water partition coefficient (Wildman–Crippen LogP) is -0.0525. The van der Waals surface area contributed by atoms with Gasteiger partial charge in [0.2, 0.25) is 6.33 Å². The molecule has 0 atom stereocenters. The number of nitrogens with zero attached hydrogens (tertiary/aromatic N) is 3. The number of fused-ring (bicyclic) bond motifs is 1. The van der Waals surface area contributed by atoms with Crippen molar-refractivity contribution in [3.8, 4) is 11.8 Å². The van der Waals surface area contributed by atoms with Crippen molar-refractivity contribution in [2.45, 2.75) is 13.8 Å². The molecular formula is C17H16IN3. The van der Waals surface area contributed by atoms with Gasteiger partial charge in [-0.15, -0.1) is 0 Å². The molecule has 0 aliphatic carbocycles. The number of aryl methyl sites for hydroxylation is 3. The van der Waals surface area contributed by atoms with E-state index >= 15 is 0 Å². The van der Waals surface area contributed by atoms with Crippen molar-refractivity contribution in [3.63, 3.8) is 0 Å². The number of benzene rings is 2. The van der Waals surface area contributed by atoms with Crippen molar-refractivity contribution in [3.05, 3.63) is 59.4 Å². The van der Waals surface area contributed by atoms with Crippen molar-refractivity contribution >= 4 is 11.0 Å². The Hall–Kier alpha value is -1.87. The minimum atomic E-state index is 0. The van der Waals surface area contributed by atoms with Crippen LogP contribution >= 0.6 is 0 Å². The zero-order valence-electron chi connectivity index (χ0n) is 12.3. The maximum absolute atomic E-state index is 9.25. The highest BCUT2D eigenvalue weighted by Gasteiger charge is 2.18. The third-order valence-corrected chi connectivity index (χ3v) is 3.80. The highest BCUT2D eigenvalue weighted by Crippen LogP contribution is 2.21. The lowest BCUT2D eigenvalue weighted by Gasteiger charge is -2.02. The molecule has 2 aromatic carbocycles. The molecule has 0 fully saturated rings. The molecule has 0 unspecified atom stereocenters. The van der Waals surface area contributed by atoms with Crippen LogP contribution < -0.4 is 28.5 Å². The Kier molecular flexibility index (Phi) is 4.33. The topological polar surface area (TPSA) is 32.6 Å². The average molecular weight is 389 g/mol. The normalized spacial score (nSPS) is 10.2. The molecule has 4 heteroatoms. The van der Waals surface area contributed by atoms with Gasteiger partial charge < -0.3 is 24.0 Å². The van der Waals surface area contributed by atoms with E-state index in [0.29, 0.717) is 5.56 Å². The summed E-state index contributed by atoms with van der Waals surface area (Å²) >= 11 is 0. The fraction of sp³-hybridized carbons (Fsp3) is 0.176. The van der Waals surface area contributed by atoms with Crippen LogP contribution in [-0.4, -0.2) is 4.57 Å². The maximum Gasteiger partial charge on any atom is 0.249 e. The van der Waals surface area contributed by atoms with Crippen LogP contribution in [0.5, 0.6) is 0 Å². The van der Waals surface area contributed by atoms with Crippen molar-refractivity contribution in [2.24, 2.45) is 7.05 Å². The summed E-state index contributed by atoms with van der Waals surface area (Å²) in [5, 5.41) is 9.25. The predicted molar refractivity (Wildman–Crippen MR) is 78.6 cm³/mol. The van der Waals surface area contributed by atoms with E-state index in [4.69, 9.17) is 0 Å². The molecule has 0 amide bonds. The van der Waals surface area contributed by atoms with Crippen LogP contribution in [0.25, 0.3) is 16.7 Å². The lowest BCUT2D eigenvalue weighted by molar-refractivity contribution is -0.645. The number of halogens is 1. The summed E-state index contributed by atoms with van der Waals surface area (Å²) in [6.45, 7) is 4.23. The first kappa shape index (κ1) is 15.5. The number of hydrogen-bond donors (Lipinski definition) is 0. The summed E-state index contributed by atoms with van der Waals surface area (Å²) in [7, 11) is 1.97. The molecule has 106 valence electrons. The number of hydrogen-bond acceptors (Lipinski definition) is 1. The largest absolute Gasteiger partial charge is 1.00 e. The van der Waals surface area contributed by atoms with Crippen LogP contribution in [0.1, 0.15) is 16.7 Å². The van der Waals surface area contributed by atoms with Crippen LogP contribution in [0.15, 0.2) is 42.7 Å². The monoisotopic (exact) mass is 389 g/mol. The molecule has 3 rings (SSSR count). The molecule has 0 saturated heterocycles. The van der Waals surface area contributed by atoms with Gasteiger partial charge in [0.25, 0.3) is 0 Å². The fourth-order valence-corrected chi connectivity index (χ4v) is 2.56. The van der Waals surface area contributed by atoms with Crippen molar-refractivity contribution in [1.82, 2.24) is 4.57 Å². The molecule has 0 bridgehead atoms. The van der Waals surface area contributed by atoms with Gasteiger partial charge in [0.15, 0.2) is 11.0 Å². The zero-order chi connectivity index (χ0) is 14.3. The van der Waals surface area contributed by atoms with Gasteiger partial charge in [0, 0.05) is 0 Å². The number of aromatic nitrogens is 2. The van der Waals surface area contributed by atoms with Crippen molar-refractivity contribution < 1.29 is 28.5 Å². The number of rotatable bonds is 1. The second-order valence-corrected chi connectivity index (χ2v) is 5.15. The number of imidazole rings is 1. The van der Waals surface area contributed by atoms with Gasteiger partial charge in [-0.05, 0) is 49.2 Å². The Morgan fingerprint density at radius 3 is 2.52 bits per heavy atom. The lowest BCUT2D eigenvalue weighted by atomic mass is 10.1. The van der Waals surface area contributed by atoms with Gasteiger partial charge in [-0.1, -0.05) is 12.1 Å². The van der Waals surface area contributed by atoms with Gasteiger partial charge in [0.05, 0.1) is 7.05 Å². The molecule has 0 N–H and O–H groups in total. The summed E-state index contributed by atoms with van der Waals surface area (Å²) in [6, 6.07) is 14.5. The van der Waals surface area contributed by atoms with Crippen LogP contribution in [-0.2, 0) is 7.05 Å². The standard InChI is InChI=1S/C17H16N3.HI/c1-12-7-8-15(9-13(12)2)20-11-19(3)17-14(10-18)5-4-6-16(17)20;/h4-9,11H,1-3H3;1H/q+1;/p-1. The molecule has 3 aromatic rings. The van der Waals surface area contributed by atoms with Gasteiger partial charge in [-0.25, -0.2) is 4.57 Å². The number of para-hydroxylation sites is 1. The van der Waals surface area contributed by atoms with E-state index in [1.54, 1.807) is 0 Å².